The van der Waals surface area contributed by atoms with E-state index in [1.165, 1.54) is 26.9 Å². The number of rotatable bonds is 5. The highest BCUT2D eigenvalue weighted by Gasteiger charge is 2.23. The fourth-order valence-electron chi connectivity index (χ4n) is 10.2. The molecule has 0 aliphatic carbocycles. The standard InChI is InChI=1S/C59H35N5O/c1-2-19-40(20-3-1)63-51-26-11-8-22-43(51)45-30-29-39(33-53(45)63)57-60-58(47-25-14-18-36-15-6-7-21-42(36)47)62-59(61-57)50-35-41(34-49-46-24-10-13-28-55(46)65-56(49)50)64-52-27-12-9-23-44(52)48-31-37-16-4-5-17-38(37)32-54(48)64/h1-35H. The highest BCUT2D eigenvalue weighted by atomic mass is 16.3. The van der Waals surface area contributed by atoms with Crippen molar-refractivity contribution in [1.82, 2.24) is 24.1 Å². The van der Waals surface area contributed by atoms with Crippen molar-refractivity contribution in [2.24, 2.45) is 0 Å². The number of para-hydroxylation sites is 4. The Kier molecular flexibility index (Phi) is 7.59. The lowest BCUT2D eigenvalue weighted by molar-refractivity contribution is 0.669. The minimum Gasteiger partial charge on any atom is -0.455 e. The summed E-state index contributed by atoms with van der Waals surface area (Å²) in [5.74, 6) is 1.69. The zero-order valence-electron chi connectivity index (χ0n) is 34.9. The topological polar surface area (TPSA) is 61.7 Å². The van der Waals surface area contributed by atoms with Gasteiger partial charge >= 0.3 is 0 Å². The Morgan fingerprint density at radius 1 is 0.308 bits per heavy atom. The summed E-state index contributed by atoms with van der Waals surface area (Å²) in [4.78, 5) is 16.2. The van der Waals surface area contributed by atoms with Crippen molar-refractivity contribution < 1.29 is 4.42 Å². The fourth-order valence-corrected chi connectivity index (χ4v) is 10.2. The summed E-state index contributed by atoms with van der Waals surface area (Å²) in [6, 6.07) is 75.1. The summed E-state index contributed by atoms with van der Waals surface area (Å²) in [6.45, 7) is 0. The molecule has 65 heavy (non-hydrogen) atoms. The van der Waals surface area contributed by atoms with E-state index in [-0.39, 0.29) is 0 Å². The van der Waals surface area contributed by atoms with Gasteiger partial charge in [0.25, 0.3) is 0 Å². The van der Waals surface area contributed by atoms with Crippen LogP contribution < -0.4 is 0 Å². The molecule has 6 heteroatoms. The van der Waals surface area contributed by atoms with Crippen LogP contribution in [0.25, 0.3) is 133 Å². The molecule has 302 valence electrons. The van der Waals surface area contributed by atoms with E-state index in [2.05, 4.69) is 209 Å². The van der Waals surface area contributed by atoms with Gasteiger partial charge in [-0.05, 0) is 82.2 Å². The van der Waals surface area contributed by atoms with Crippen LogP contribution in [0.4, 0.5) is 0 Å². The zero-order valence-corrected chi connectivity index (χ0v) is 34.9. The van der Waals surface area contributed by atoms with Crippen molar-refractivity contribution in [2.75, 3.05) is 0 Å². The van der Waals surface area contributed by atoms with Crippen LogP contribution in [0.3, 0.4) is 0 Å². The second kappa shape index (κ2) is 13.8. The number of aromatic nitrogens is 5. The molecule has 0 saturated heterocycles. The van der Waals surface area contributed by atoms with E-state index in [0.717, 1.165) is 88.2 Å². The average molecular weight is 830 g/mol. The average Bonchev–Trinajstić information content (AvgIpc) is 4.02. The van der Waals surface area contributed by atoms with E-state index in [0.29, 0.717) is 17.5 Å². The van der Waals surface area contributed by atoms with Crippen LogP contribution in [-0.2, 0) is 0 Å². The third-order valence-corrected chi connectivity index (χ3v) is 13.1. The smallest absolute Gasteiger partial charge is 0.167 e. The van der Waals surface area contributed by atoms with Crippen LogP contribution in [0.1, 0.15) is 0 Å². The minimum atomic E-state index is 0.527. The van der Waals surface area contributed by atoms with E-state index in [9.17, 15) is 0 Å². The van der Waals surface area contributed by atoms with Gasteiger partial charge in [0.1, 0.15) is 11.2 Å². The fraction of sp³-hybridized carbons (Fsp3) is 0. The quantitative estimate of drug-likeness (QED) is 0.173. The number of nitrogens with zero attached hydrogens (tertiary/aromatic N) is 5. The highest BCUT2D eigenvalue weighted by molar-refractivity contribution is 6.15. The lowest BCUT2D eigenvalue weighted by Gasteiger charge is -2.13. The zero-order chi connectivity index (χ0) is 42.6. The molecule has 14 rings (SSSR count). The maximum Gasteiger partial charge on any atom is 0.167 e. The number of hydrogen-bond acceptors (Lipinski definition) is 4. The number of fused-ring (bicyclic) bond motifs is 11. The first-order valence-corrected chi connectivity index (χ1v) is 21.9. The molecule has 0 fully saturated rings. The van der Waals surface area contributed by atoms with Crippen molar-refractivity contribution in [3.8, 4) is 45.5 Å². The number of furan rings is 1. The molecule has 0 bridgehead atoms. The van der Waals surface area contributed by atoms with Crippen molar-refractivity contribution >= 4 is 87.1 Å². The first-order valence-electron chi connectivity index (χ1n) is 21.9. The largest absolute Gasteiger partial charge is 0.455 e. The molecule has 0 spiro atoms. The van der Waals surface area contributed by atoms with Crippen LogP contribution in [-0.4, -0.2) is 24.1 Å². The van der Waals surface area contributed by atoms with Crippen LogP contribution in [0, 0.1) is 0 Å². The van der Waals surface area contributed by atoms with Gasteiger partial charge in [0.2, 0.25) is 0 Å². The molecule has 0 N–H and O–H groups in total. The Labute approximate surface area is 371 Å². The molecular weight excluding hydrogens is 795 g/mol. The minimum absolute atomic E-state index is 0.527. The second-order valence-corrected chi connectivity index (χ2v) is 16.8. The Balaban J connectivity index is 1.08. The third-order valence-electron chi connectivity index (χ3n) is 13.1. The summed E-state index contributed by atoms with van der Waals surface area (Å²) >= 11 is 0. The Bertz CT molecular complexity index is 4250. The molecule has 0 aliphatic heterocycles. The number of hydrogen-bond donors (Lipinski definition) is 0. The van der Waals surface area contributed by atoms with E-state index in [1.807, 2.05) is 12.1 Å². The van der Waals surface area contributed by atoms with E-state index in [1.54, 1.807) is 0 Å². The molecule has 0 saturated carbocycles. The van der Waals surface area contributed by atoms with Gasteiger partial charge in [-0.3, -0.25) is 0 Å². The Hall–Kier alpha value is -8.87. The van der Waals surface area contributed by atoms with E-state index < -0.39 is 0 Å². The normalized spacial score (nSPS) is 12.0. The third kappa shape index (κ3) is 5.44. The van der Waals surface area contributed by atoms with Gasteiger partial charge in [-0.2, -0.15) is 0 Å². The van der Waals surface area contributed by atoms with Gasteiger partial charge in [-0.1, -0.05) is 152 Å². The summed E-state index contributed by atoms with van der Waals surface area (Å²) in [5, 5.41) is 11.3. The first-order chi connectivity index (χ1) is 32.2. The van der Waals surface area contributed by atoms with Gasteiger partial charge in [0.05, 0.1) is 27.6 Å². The van der Waals surface area contributed by atoms with Crippen molar-refractivity contribution in [2.45, 2.75) is 0 Å². The molecule has 0 amide bonds. The SMILES string of the molecule is c1ccc(-n2c3ccccc3c3ccc(-c4nc(-c5cccc6ccccc56)nc(-c5cc(-n6c7ccccc7c7cc8ccccc8cc76)cc6c5oc5ccccc56)n4)cc32)cc1. The molecule has 10 aromatic carbocycles. The molecular formula is C59H35N5O. The molecule has 0 unspecified atom stereocenters. The Morgan fingerprint density at radius 3 is 1.68 bits per heavy atom. The molecule has 4 heterocycles. The van der Waals surface area contributed by atoms with Gasteiger partial charge in [-0.15, -0.1) is 0 Å². The molecule has 6 nitrogen and oxygen atoms in total. The van der Waals surface area contributed by atoms with Gasteiger partial charge in [-0.25, -0.2) is 15.0 Å². The van der Waals surface area contributed by atoms with Crippen LogP contribution in [0.5, 0.6) is 0 Å². The highest BCUT2D eigenvalue weighted by Crippen LogP contribution is 2.42. The lowest BCUT2D eigenvalue weighted by atomic mass is 10.0. The maximum absolute atomic E-state index is 6.85. The summed E-state index contributed by atoms with van der Waals surface area (Å²) < 4.78 is 11.6. The Morgan fingerprint density at radius 2 is 0.877 bits per heavy atom. The van der Waals surface area contributed by atoms with Gasteiger partial charge in [0.15, 0.2) is 17.5 Å². The monoisotopic (exact) mass is 829 g/mol. The van der Waals surface area contributed by atoms with Crippen molar-refractivity contribution in [1.29, 1.82) is 0 Å². The van der Waals surface area contributed by atoms with Crippen molar-refractivity contribution in [3.63, 3.8) is 0 Å². The van der Waals surface area contributed by atoms with Crippen LogP contribution in [0.15, 0.2) is 217 Å². The van der Waals surface area contributed by atoms with Gasteiger partial charge in [0, 0.05) is 54.8 Å². The molecule has 0 aliphatic rings. The summed E-state index contributed by atoms with van der Waals surface area (Å²) in [6.07, 6.45) is 0. The molecule has 0 atom stereocenters. The first kappa shape index (κ1) is 35.7. The predicted octanol–water partition coefficient (Wildman–Crippen LogP) is 15.3. The number of benzene rings is 10. The predicted molar refractivity (Wildman–Crippen MR) is 267 cm³/mol. The van der Waals surface area contributed by atoms with Crippen LogP contribution >= 0.6 is 0 Å². The molecule has 4 aromatic heterocycles. The summed E-state index contributed by atoms with van der Waals surface area (Å²) in [5.41, 5.74) is 10.7. The van der Waals surface area contributed by atoms with Crippen molar-refractivity contribution in [3.05, 3.63) is 212 Å². The second-order valence-electron chi connectivity index (χ2n) is 16.8. The molecule has 14 aromatic rings. The lowest BCUT2D eigenvalue weighted by Crippen LogP contribution is -2.02. The molecule has 0 radical (unpaired) electrons. The van der Waals surface area contributed by atoms with E-state index in [4.69, 9.17) is 19.4 Å². The maximum atomic E-state index is 6.85. The summed E-state index contributed by atoms with van der Waals surface area (Å²) in [7, 11) is 0. The van der Waals surface area contributed by atoms with E-state index >= 15 is 0 Å². The van der Waals surface area contributed by atoms with Gasteiger partial charge < -0.3 is 13.6 Å². The van der Waals surface area contributed by atoms with Crippen LogP contribution in [0.2, 0.25) is 0 Å².